The molecule has 0 saturated heterocycles. The van der Waals surface area contributed by atoms with Gasteiger partial charge >= 0.3 is 0 Å². The predicted octanol–water partition coefficient (Wildman–Crippen LogP) is 0.763. The van der Waals surface area contributed by atoms with Gasteiger partial charge < -0.3 is 5.73 Å². The zero-order valence-electron chi connectivity index (χ0n) is 10.4. The molecule has 7 heteroatoms. The number of halogens is 1. The van der Waals surface area contributed by atoms with Gasteiger partial charge in [-0.2, -0.15) is 0 Å². The Morgan fingerprint density at radius 2 is 1.68 bits per heavy atom. The van der Waals surface area contributed by atoms with Crippen molar-refractivity contribution >= 4 is 48.8 Å². The largest absolute Gasteiger partial charge is 0.315 e. The van der Waals surface area contributed by atoms with Crippen LogP contribution in [0.1, 0.15) is 18.4 Å². The molecule has 8 radical (unpaired) electrons. The van der Waals surface area contributed by atoms with E-state index in [0.29, 0.717) is 10.6 Å². The third-order valence-electron chi connectivity index (χ3n) is 3.74. The van der Waals surface area contributed by atoms with Gasteiger partial charge in [-0.15, -0.1) is 10.4 Å². The maximum absolute atomic E-state index is 12.3. The third-order valence-corrected chi connectivity index (χ3v) is 4.07. The fourth-order valence-corrected chi connectivity index (χ4v) is 2.69. The van der Waals surface area contributed by atoms with Crippen LogP contribution in [0.25, 0.3) is 0 Å². The average molecular weight is 263 g/mol. The molecule has 0 spiro atoms. The monoisotopic (exact) mass is 263 g/mol. The van der Waals surface area contributed by atoms with Gasteiger partial charge in [0.25, 0.3) is 0 Å². The zero-order chi connectivity index (χ0) is 14.5. The molecule has 2 rings (SSSR count). The van der Waals surface area contributed by atoms with Crippen molar-refractivity contribution < 1.29 is 4.79 Å². The van der Waals surface area contributed by atoms with Gasteiger partial charge in [-0.1, -0.05) is 29.8 Å². The molecule has 0 bridgehead atoms. The van der Waals surface area contributed by atoms with Crippen molar-refractivity contribution in [3.63, 3.8) is 0 Å². The number of ketones is 1. The average Bonchev–Trinajstić information content (AvgIpc) is 2.26. The fraction of sp³-hybridized carbons (Fsp3) is 0.417. The highest BCUT2D eigenvalue weighted by molar-refractivity contribution is 6.55. The quantitative estimate of drug-likeness (QED) is 0.760. The van der Waals surface area contributed by atoms with E-state index in [1.807, 2.05) is 0 Å². The van der Waals surface area contributed by atoms with E-state index >= 15 is 0 Å². The molecule has 0 heterocycles. The fourth-order valence-electron chi connectivity index (χ4n) is 2.38. The summed E-state index contributed by atoms with van der Waals surface area (Å²) in [5.41, 5.74) is 5.33. The molecule has 1 aliphatic carbocycles. The summed E-state index contributed by atoms with van der Waals surface area (Å²) in [5, 5.41) is -2.57. The van der Waals surface area contributed by atoms with E-state index in [1.54, 1.807) is 24.3 Å². The molecule has 1 saturated carbocycles. The summed E-state index contributed by atoms with van der Waals surface area (Å²) in [5.74, 6) is -0.322. The summed E-state index contributed by atoms with van der Waals surface area (Å²) in [6.45, 7) is 0. The summed E-state index contributed by atoms with van der Waals surface area (Å²) in [7, 11) is 23.5. The lowest BCUT2D eigenvalue weighted by Crippen LogP contribution is -2.56. The minimum Gasteiger partial charge on any atom is -0.315 e. The molecule has 1 aromatic carbocycles. The Bertz CT molecular complexity index is 534. The third kappa shape index (κ3) is 2.30. The van der Waals surface area contributed by atoms with Crippen LogP contribution in [0, 0.1) is 0 Å². The van der Waals surface area contributed by atoms with Crippen molar-refractivity contribution in [2.45, 2.75) is 28.8 Å². The molecule has 0 aliphatic heterocycles. The molecular weight excluding hydrogens is 253 g/mol. The van der Waals surface area contributed by atoms with Crippen LogP contribution < -0.4 is 5.73 Å². The first-order chi connectivity index (χ1) is 8.60. The Morgan fingerprint density at radius 1 is 1.11 bits per heavy atom. The van der Waals surface area contributed by atoms with Crippen LogP contribution in [0.4, 0.5) is 0 Å². The van der Waals surface area contributed by atoms with E-state index in [2.05, 4.69) is 0 Å². The van der Waals surface area contributed by atoms with E-state index < -0.39 is 16.0 Å². The minimum atomic E-state index is -1.49. The summed E-state index contributed by atoms with van der Waals surface area (Å²) >= 11 is 6.10. The van der Waals surface area contributed by atoms with Crippen LogP contribution in [0.3, 0.4) is 0 Å². The highest BCUT2D eigenvalue weighted by atomic mass is 35.5. The Hall–Kier alpha value is -0.600. The molecule has 0 amide bonds. The van der Waals surface area contributed by atoms with Gasteiger partial charge in [0.15, 0.2) is 5.78 Å². The van der Waals surface area contributed by atoms with Gasteiger partial charge in [0, 0.05) is 5.02 Å². The lowest BCUT2D eigenvalue weighted by molar-refractivity contribution is -0.127. The molecule has 1 unspecified atom stereocenters. The predicted molar refractivity (Wildman–Crippen MR) is 80.0 cm³/mol. The van der Waals surface area contributed by atoms with E-state index in [0.717, 1.165) is 0 Å². The standard InChI is InChI=1S/C12H10B4ClNO/c13-11(14)5-9(19)10(18,6-12(11,15)16)7-3-1-2-4-8(7)17/h1-4H,5-6,18H2. The van der Waals surface area contributed by atoms with Gasteiger partial charge in [-0.05, 0) is 24.5 Å². The Morgan fingerprint density at radius 3 is 2.26 bits per heavy atom. The second-order valence-electron chi connectivity index (χ2n) is 5.31. The highest BCUT2D eigenvalue weighted by Crippen LogP contribution is 2.56. The molecule has 19 heavy (non-hydrogen) atoms. The molecule has 1 atom stereocenters. The van der Waals surface area contributed by atoms with Crippen molar-refractivity contribution in [3.05, 3.63) is 34.9 Å². The number of carbonyl (C=O) groups is 1. The lowest BCUT2D eigenvalue weighted by atomic mass is 9.25. The first kappa shape index (κ1) is 14.8. The van der Waals surface area contributed by atoms with Crippen LogP contribution >= 0.6 is 11.6 Å². The number of hydrogen-bond acceptors (Lipinski definition) is 2. The summed E-state index contributed by atoms with van der Waals surface area (Å²) in [6.07, 6.45) is -0.280. The second-order valence-corrected chi connectivity index (χ2v) is 5.72. The topological polar surface area (TPSA) is 43.1 Å². The molecule has 1 aliphatic rings. The highest BCUT2D eigenvalue weighted by Gasteiger charge is 2.52. The maximum Gasteiger partial charge on any atom is 0.156 e. The number of Topliss-reactive ketones (excluding diaryl/α,β-unsaturated/α-hetero) is 1. The summed E-state index contributed by atoms with van der Waals surface area (Å²) in [6, 6.07) is 6.82. The number of hydrogen-bond donors (Lipinski definition) is 1. The van der Waals surface area contributed by atoms with E-state index in [9.17, 15) is 4.79 Å². The van der Waals surface area contributed by atoms with Crippen LogP contribution in [0.2, 0.25) is 15.5 Å². The first-order valence-electron chi connectivity index (χ1n) is 5.83. The Kier molecular flexibility index (Phi) is 3.47. The molecule has 1 fully saturated rings. The summed E-state index contributed by atoms with van der Waals surface area (Å²) in [4.78, 5) is 12.3. The van der Waals surface area contributed by atoms with Crippen molar-refractivity contribution in [2.75, 3.05) is 0 Å². The number of carbonyl (C=O) groups excluding carboxylic acids is 1. The van der Waals surface area contributed by atoms with Gasteiger partial charge in [-0.25, -0.2) is 0 Å². The number of rotatable bonds is 1. The summed E-state index contributed by atoms with van der Waals surface area (Å²) < 4.78 is 0. The molecule has 1 aromatic rings. The molecule has 88 valence electrons. The smallest absolute Gasteiger partial charge is 0.156 e. The van der Waals surface area contributed by atoms with Crippen LogP contribution in [-0.4, -0.2) is 37.2 Å². The van der Waals surface area contributed by atoms with E-state index in [4.69, 9.17) is 48.7 Å². The van der Waals surface area contributed by atoms with E-state index in [-0.39, 0.29) is 18.6 Å². The number of benzene rings is 1. The molecular formula is C12H10B4ClNO. The SMILES string of the molecule is [B]C1([B])CC(=O)C(N)(c2ccccc2Cl)CC1([B])[B]. The van der Waals surface area contributed by atoms with Crippen LogP contribution in [-0.2, 0) is 10.3 Å². The Labute approximate surface area is 123 Å². The maximum atomic E-state index is 12.3. The van der Waals surface area contributed by atoms with Crippen molar-refractivity contribution in [2.24, 2.45) is 5.73 Å². The molecule has 2 nitrogen and oxygen atoms in total. The van der Waals surface area contributed by atoms with Crippen LogP contribution in [0.5, 0.6) is 0 Å². The Balaban J connectivity index is 2.51. The van der Waals surface area contributed by atoms with Crippen molar-refractivity contribution in [1.82, 2.24) is 0 Å². The van der Waals surface area contributed by atoms with Gasteiger partial charge in [0.1, 0.15) is 5.54 Å². The minimum absolute atomic E-state index is 0.0738. The van der Waals surface area contributed by atoms with Gasteiger partial charge in [0.05, 0.1) is 31.4 Å². The van der Waals surface area contributed by atoms with Gasteiger partial charge in [-0.3, -0.25) is 4.79 Å². The second kappa shape index (κ2) is 4.46. The van der Waals surface area contributed by atoms with Crippen LogP contribution in [0.15, 0.2) is 24.3 Å². The van der Waals surface area contributed by atoms with Crippen molar-refractivity contribution in [3.8, 4) is 0 Å². The normalized spacial score (nSPS) is 29.1. The molecule has 0 aromatic heterocycles. The van der Waals surface area contributed by atoms with Crippen molar-refractivity contribution in [1.29, 1.82) is 0 Å². The van der Waals surface area contributed by atoms with Gasteiger partial charge in [0.2, 0.25) is 0 Å². The first-order valence-corrected chi connectivity index (χ1v) is 6.21. The molecule has 2 N–H and O–H groups in total. The zero-order valence-corrected chi connectivity index (χ0v) is 11.2. The lowest BCUT2D eigenvalue weighted by Gasteiger charge is -2.53. The number of nitrogens with two attached hydrogens (primary N) is 1. The van der Waals surface area contributed by atoms with E-state index in [1.165, 1.54) is 0 Å².